The van der Waals surface area contributed by atoms with Gasteiger partial charge in [0.05, 0.1) is 18.3 Å². The minimum atomic E-state index is -0.719. The number of aromatic nitrogens is 3. The van der Waals surface area contributed by atoms with Crippen LogP contribution in [0.3, 0.4) is 0 Å². The van der Waals surface area contributed by atoms with Gasteiger partial charge in [0.25, 0.3) is 0 Å². The van der Waals surface area contributed by atoms with E-state index in [0.717, 1.165) is 5.56 Å². The number of benzene rings is 1. The number of aliphatic hydroxyl groups excluding tert-OH is 1. The molecule has 6 heteroatoms. The van der Waals surface area contributed by atoms with Gasteiger partial charge >= 0.3 is 5.97 Å². The molecule has 1 unspecified atom stereocenters. The number of hydrogen-bond donors (Lipinski definition) is 1. The highest BCUT2D eigenvalue weighted by molar-refractivity contribution is 5.88. The molecule has 1 aromatic heterocycles. The zero-order chi connectivity index (χ0) is 15.2. The van der Waals surface area contributed by atoms with Crippen LogP contribution in [-0.4, -0.2) is 32.7 Å². The molecule has 0 aliphatic rings. The molecule has 0 saturated heterocycles. The summed E-state index contributed by atoms with van der Waals surface area (Å²) < 4.78 is 6.41. The molecular formula is C15H17N3O3. The Morgan fingerprint density at radius 2 is 2.19 bits per heavy atom. The summed E-state index contributed by atoms with van der Waals surface area (Å²) in [5.74, 6) is -0.548. The van der Waals surface area contributed by atoms with Gasteiger partial charge in [-0.3, -0.25) is 0 Å². The molecule has 1 atom stereocenters. The summed E-state index contributed by atoms with van der Waals surface area (Å²) >= 11 is 0. The van der Waals surface area contributed by atoms with Crippen LogP contribution in [0.1, 0.15) is 27.8 Å². The molecule has 0 aliphatic carbocycles. The Bertz CT molecular complexity index is 622. The van der Waals surface area contributed by atoms with Crippen LogP contribution >= 0.6 is 0 Å². The molecule has 6 nitrogen and oxygen atoms in total. The van der Waals surface area contributed by atoms with Gasteiger partial charge in [-0.2, -0.15) is 0 Å². The fourth-order valence-corrected chi connectivity index (χ4v) is 1.87. The minimum absolute atomic E-state index is 0.123. The number of nitrogens with zero attached hydrogens (tertiary/aromatic N) is 3. The summed E-state index contributed by atoms with van der Waals surface area (Å²) in [5.41, 5.74) is 1.49. The molecule has 1 N–H and O–H groups in total. The lowest BCUT2D eigenvalue weighted by Crippen LogP contribution is -2.12. The maximum atomic E-state index is 11.7. The maximum absolute atomic E-state index is 11.7. The Morgan fingerprint density at radius 1 is 1.48 bits per heavy atom. The number of ether oxygens (including phenoxy) is 1. The average Bonchev–Trinajstić information content (AvgIpc) is 2.87. The fourth-order valence-electron chi connectivity index (χ4n) is 1.87. The number of carbonyl (C=O) groups excluding carboxylic acids is 1. The van der Waals surface area contributed by atoms with E-state index < -0.39 is 12.1 Å². The van der Waals surface area contributed by atoms with E-state index in [-0.39, 0.29) is 18.8 Å². The molecular weight excluding hydrogens is 270 g/mol. The Kier molecular flexibility index (Phi) is 4.84. The largest absolute Gasteiger partial charge is 0.457 e. The van der Waals surface area contributed by atoms with Gasteiger partial charge in [0.2, 0.25) is 0 Å². The molecule has 1 aromatic carbocycles. The van der Waals surface area contributed by atoms with E-state index >= 15 is 0 Å². The first-order chi connectivity index (χ1) is 10.1. The van der Waals surface area contributed by atoms with Gasteiger partial charge in [-0.25, -0.2) is 9.48 Å². The van der Waals surface area contributed by atoms with E-state index in [4.69, 9.17) is 4.74 Å². The topological polar surface area (TPSA) is 77.2 Å². The summed E-state index contributed by atoms with van der Waals surface area (Å²) in [7, 11) is 0. The highest BCUT2D eigenvalue weighted by Gasteiger charge is 2.19. The van der Waals surface area contributed by atoms with Gasteiger partial charge in [-0.1, -0.05) is 48.2 Å². The van der Waals surface area contributed by atoms with E-state index in [2.05, 4.69) is 16.9 Å². The first-order valence-electron chi connectivity index (χ1n) is 6.54. The minimum Gasteiger partial charge on any atom is -0.457 e. The average molecular weight is 287 g/mol. The SMILES string of the molecule is C=CCOC(=O)c1nnn(CC(O)c2ccccc2)c1C. The lowest BCUT2D eigenvalue weighted by atomic mass is 10.1. The summed E-state index contributed by atoms with van der Waals surface area (Å²) in [6, 6.07) is 9.24. The monoisotopic (exact) mass is 287 g/mol. The van der Waals surface area contributed by atoms with Crippen molar-refractivity contribution in [2.75, 3.05) is 6.61 Å². The number of aliphatic hydroxyl groups is 1. The number of rotatable bonds is 6. The molecule has 0 aliphatic heterocycles. The van der Waals surface area contributed by atoms with Crippen LogP contribution in [-0.2, 0) is 11.3 Å². The molecule has 2 rings (SSSR count). The molecule has 1 heterocycles. The van der Waals surface area contributed by atoms with Crippen molar-refractivity contribution in [3.63, 3.8) is 0 Å². The van der Waals surface area contributed by atoms with Gasteiger partial charge in [0.15, 0.2) is 5.69 Å². The molecule has 0 amide bonds. The van der Waals surface area contributed by atoms with Gasteiger partial charge < -0.3 is 9.84 Å². The Morgan fingerprint density at radius 3 is 2.86 bits per heavy atom. The lowest BCUT2D eigenvalue weighted by molar-refractivity contribution is 0.0541. The lowest BCUT2D eigenvalue weighted by Gasteiger charge is -2.11. The third-order valence-corrected chi connectivity index (χ3v) is 3.04. The first-order valence-corrected chi connectivity index (χ1v) is 6.54. The van der Waals surface area contributed by atoms with Crippen LogP contribution in [0, 0.1) is 6.92 Å². The highest BCUT2D eigenvalue weighted by Crippen LogP contribution is 2.16. The third-order valence-electron chi connectivity index (χ3n) is 3.04. The normalized spacial score (nSPS) is 11.9. The van der Waals surface area contributed by atoms with Gasteiger partial charge in [-0.05, 0) is 12.5 Å². The van der Waals surface area contributed by atoms with Crippen molar-refractivity contribution < 1.29 is 14.6 Å². The van der Waals surface area contributed by atoms with E-state index in [9.17, 15) is 9.90 Å². The van der Waals surface area contributed by atoms with Crippen LogP contribution in [0.4, 0.5) is 0 Å². The van der Waals surface area contributed by atoms with Gasteiger partial charge in [0.1, 0.15) is 6.61 Å². The second-order valence-corrected chi connectivity index (χ2v) is 4.52. The molecule has 0 fully saturated rings. The Balaban J connectivity index is 2.10. The van der Waals surface area contributed by atoms with Gasteiger partial charge in [0, 0.05) is 0 Å². The molecule has 0 radical (unpaired) electrons. The Hall–Kier alpha value is -2.47. The van der Waals surface area contributed by atoms with Crippen molar-refractivity contribution in [2.45, 2.75) is 19.6 Å². The Labute approximate surface area is 122 Å². The first kappa shape index (κ1) is 14.9. The zero-order valence-electron chi connectivity index (χ0n) is 11.8. The molecule has 2 aromatic rings. The van der Waals surface area contributed by atoms with Crippen LogP contribution in [0.5, 0.6) is 0 Å². The number of esters is 1. The van der Waals surface area contributed by atoms with Crippen molar-refractivity contribution >= 4 is 5.97 Å². The molecule has 110 valence electrons. The van der Waals surface area contributed by atoms with Crippen LogP contribution < -0.4 is 0 Å². The second-order valence-electron chi connectivity index (χ2n) is 4.52. The summed E-state index contributed by atoms with van der Waals surface area (Å²) in [5, 5.41) is 17.9. The predicted molar refractivity (Wildman–Crippen MR) is 76.6 cm³/mol. The van der Waals surface area contributed by atoms with Gasteiger partial charge in [-0.15, -0.1) is 5.10 Å². The van der Waals surface area contributed by atoms with Crippen LogP contribution in [0.15, 0.2) is 43.0 Å². The van der Waals surface area contributed by atoms with Crippen molar-refractivity contribution in [1.82, 2.24) is 15.0 Å². The highest BCUT2D eigenvalue weighted by atomic mass is 16.5. The smallest absolute Gasteiger partial charge is 0.361 e. The molecule has 0 saturated carbocycles. The van der Waals surface area contributed by atoms with Crippen LogP contribution in [0.25, 0.3) is 0 Å². The van der Waals surface area contributed by atoms with Crippen molar-refractivity contribution in [3.8, 4) is 0 Å². The molecule has 0 bridgehead atoms. The molecule has 21 heavy (non-hydrogen) atoms. The van der Waals surface area contributed by atoms with Crippen molar-refractivity contribution in [3.05, 3.63) is 59.9 Å². The fraction of sp³-hybridized carbons (Fsp3) is 0.267. The zero-order valence-corrected chi connectivity index (χ0v) is 11.8. The predicted octanol–water partition coefficient (Wildman–Crippen LogP) is 1.66. The quantitative estimate of drug-likeness (QED) is 0.646. The number of carbonyl (C=O) groups is 1. The summed E-state index contributed by atoms with van der Waals surface area (Å²) in [6.07, 6.45) is 0.764. The number of hydrogen-bond acceptors (Lipinski definition) is 5. The summed E-state index contributed by atoms with van der Waals surface area (Å²) in [6.45, 7) is 5.53. The van der Waals surface area contributed by atoms with E-state index in [0.29, 0.717) is 5.69 Å². The van der Waals surface area contributed by atoms with Crippen molar-refractivity contribution in [2.24, 2.45) is 0 Å². The van der Waals surface area contributed by atoms with Crippen molar-refractivity contribution in [1.29, 1.82) is 0 Å². The van der Waals surface area contributed by atoms with E-state index in [1.807, 2.05) is 30.3 Å². The van der Waals surface area contributed by atoms with Crippen LogP contribution in [0.2, 0.25) is 0 Å². The third kappa shape index (κ3) is 3.55. The maximum Gasteiger partial charge on any atom is 0.361 e. The standard InChI is InChI=1S/C15H17N3O3/c1-3-9-21-15(20)14-11(2)18(17-16-14)10-13(19)12-7-5-4-6-8-12/h3-8,13,19H,1,9-10H2,2H3. The van der Waals surface area contributed by atoms with E-state index in [1.54, 1.807) is 6.92 Å². The van der Waals surface area contributed by atoms with E-state index in [1.165, 1.54) is 10.8 Å². The second kappa shape index (κ2) is 6.81. The summed E-state index contributed by atoms with van der Waals surface area (Å²) in [4.78, 5) is 11.7. The molecule has 0 spiro atoms.